The molecule has 7 nitrogen and oxygen atoms in total. The van der Waals surface area contributed by atoms with Gasteiger partial charge in [-0.1, -0.05) is 13.8 Å². The van der Waals surface area contributed by atoms with Crippen molar-refractivity contribution in [1.29, 1.82) is 0 Å². The number of carbonyl (C=O) groups is 1. The smallest absolute Gasteiger partial charge is 0.314 e. The van der Waals surface area contributed by atoms with Gasteiger partial charge in [0.25, 0.3) is 5.91 Å². The molecule has 0 unspecified atom stereocenters. The average Bonchev–Trinajstić information content (AvgIpc) is 2.50. The van der Waals surface area contributed by atoms with Crippen LogP contribution in [0, 0.1) is 10.1 Å². The van der Waals surface area contributed by atoms with Gasteiger partial charge in [0, 0.05) is 6.04 Å². The predicted molar refractivity (Wildman–Crippen MR) is 77.7 cm³/mol. The first-order valence-corrected chi connectivity index (χ1v) is 6.76. The topological polar surface area (TPSA) is 90.7 Å². The maximum atomic E-state index is 11.7. The highest BCUT2D eigenvalue weighted by Crippen LogP contribution is 2.30. The summed E-state index contributed by atoms with van der Waals surface area (Å²) in [5.41, 5.74) is -0.232. The van der Waals surface area contributed by atoms with Crippen molar-refractivity contribution in [2.24, 2.45) is 0 Å². The van der Waals surface area contributed by atoms with E-state index in [1.54, 1.807) is 6.07 Å². The van der Waals surface area contributed by atoms with Gasteiger partial charge in [-0.25, -0.2) is 0 Å². The largest absolute Gasteiger partial charge is 0.496 e. The highest BCUT2D eigenvalue weighted by molar-refractivity contribution is 5.78. The number of methoxy groups -OCH3 is 1. The van der Waals surface area contributed by atoms with E-state index in [1.165, 1.54) is 19.2 Å². The Morgan fingerprint density at radius 2 is 2.05 bits per heavy atom. The van der Waals surface area contributed by atoms with Gasteiger partial charge >= 0.3 is 5.69 Å². The molecule has 0 bridgehead atoms. The van der Waals surface area contributed by atoms with E-state index in [9.17, 15) is 14.9 Å². The molecule has 0 spiro atoms. The van der Waals surface area contributed by atoms with Gasteiger partial charge in [-0.3, -0.25) is 14.9 Å². The van der Waals surface area contributed by atoms with Crippen LogP contribution in [0.4, 0.5) is 5.69 Å². The molecule has 7 heteroatoms. The molecule has 1 amide bonds. The Hall–Kier alpha value is -2.31. The van der Waals surface area contributed by atoms with Crippen molar-refractivity contribution in [3.63, 3.8) is 0 Å². The number of benzene rings is 1. The van der Waals surface area contributed by atoms with Gasteiger partial charge in [0.1, 0.15) is 5.75 Å². The van der Waals surface area contributed by atoms with Crippen LogP contribution in [-0.2, 0) is 4.79 Å². The van der Waals surface area contributed by atoms with E-state index in [-0.39, 0.29) is 30.0 Å². The van der Waals surface area contributed by atoms with Crippen molar-refractivity contribution in [1.82, 2.24) is 5.32 Å². The number of nitrogens with one attached hydrogen (secondary N) is 1. The fourth-order valence-electron chi connectivity index (χ4n) is 1.79. The summed E-state index contributed by atoms with van der Waals surface area (Å²) in [5, 5.41) is 13.8. The monoisotopic (exact) mass is 296 g/mol. The molecule has 0 aromatic heterocycles. The molecule has 0 aliphatic heterocycles. The summed E-state index contributed by atoms with van der Waals surface area (Å²) in [6.45, 7) is 3.69. The summed E-state index contributed by atoms with van der Waals surface area (Å²) < 4.78 is 10.2. The average molecular weight is 296 g/mol. The van der Waals surface area contributed by atoms with E-state index in [2.05, 4.69) is 5.32 Å². The van der Waals surface area contributed by atoms with Crippen LogP contribution in [0.25, 0.3) is 0 Å². The lowest BCUT2D eigenvalue weighted by molar-refractivity contribution is -0.385. The quantitative estimate of drug-likeness (QED) is 0.587. The molecular formula is C14H20N2O5. The zero-order valence-electron chi connectivity index (χ0n) is 12.4. The van der Waals surface area contributed by atoms with Gasteiger partial charge in [0.15, 0.2) is 12.4 Å². The lowest BCUT2D eigenvalue weighted by Gasteiger charge is -2.15. The Morgan fingerprint density at radius 3 is 2.57 bits per heavy atom. The normalized spacial score (nSPS) is 10.3. The Balaban J connectivity index is 2.70. The van der Waals surface area contributed by atoms with Crippen LogP contribution in [-0.4, -0.2) is 30.6 Å². The molecule has 1 aromatic rings. The first-order chi connectivity index (χ1) is 10.0. The highest BCUT2D eigenvalue weighted by Gasteiger charge is 2.18. The Bertz CT molecular complexity index is 500. The van der Waals surface area contributed by atoms with Gasteiger partial charge < -0.3 is 14.8 Å². The zero-order valence-corrected chi connectivity index (χ0v) is 12.4. The standard InChI is InChI=1S/C14H20N2O5/c1-4-10(5-2)15-14(17)9-21-13-7-6-11(20-3)8-12(13)16(18)19/h6-8,10H,4-5,9H2,1-3H3,(H,15,17). The summed E-state index contributed by atoms with van der Waals surface area (Å²) in [6, 6.07) is 4.31. The van der Waals surface area contributed by atoms with Gasteiger partial charge in [-0.05, 0) is 25.0 Å². The second kappa shape index (κ2) is 8.08. The van der Waals surface area contributed by atoms with Crippen LogP contribution in [0.5, 0.6) is 11.5 Å². The fourth-order valence-corrected chi connectivity index (χ4v) is 1.79. The zero-order chi connectivity index (χ0) is 15.8. The number of amides is 1. The van der Waals surface area contributed by atoms with Gasteiger partial charge in [-0.15, -0.1) is 0 Å². The molecule has 1 aromatic carbocycles. The van der Waals surface area contributed by atoms with Crippen LogP contribution >= 0.6 is 0 Å². The lowest BCUT2D eigenvalue weighted by atomic mass is 10.2. The van der Waals surface area contributed by atoms with Crippen LogP contribution < -0.4 is 14.8 Å². The van der Waals surface area contributed by atoms with Gasteiger partial charge in [0.2, 0.25) is 0 Å². The first kappa shape index (κ1) is 16.7. The van der Waals surface area contributed by atoms with E-state index in [4.69, 9.17) is 9.47 Å². The molecule has 0 radical (unpaired) electrons. The van der Waals surface area contributed by atoms with Crippen molar-refractivity contribution in [2.75, 3.05) is 13.7 Å². The predicted octanol–water partition coefficient (Wildman–Crippen LogP) is 2.29. The number of carbonyl (C=O) groups excluding carboxylic acids is 1. The van der Waals surface area contributed by atoms with Crippen LogP contribution in [0.15, 0.2) is 18.2 Å². The van der Waals surface area contributed by atoms with E-state index < -0.39 is 4.92 Å². The minimum Gasteiger partial charge on any atom is -0.496 e. The Labute approximate surface area is 123 Å². The molecular weight excluding hydrogens is 276 g/mol. The summed E-state index contributed by atoms with van der Waals surface area (Å²) >= 11 is 0. The number of hydrogen-bond donors (Lipinski definition) is 1. The van der Waals surface area contributed by atoms with Crippen molar-refractivity contribution < 1.29 is 19.2 Å². The van der Waals surface area contributed by atoms with E-state index in [0.29, 0.717) is 5.75 Å². The third kappa shape index (κ3) is 4.94. The molecule has 1 rings (SSSR count). The summed E-state index contributed by atoms with van der Waals surface area (Å²) in [4.78, 5) is 22.1. The third-order valence-corrected chi connectivity index (χ3v) is 3.07. The highest BCUT2D eigenvalue weighted by atomic mass is 16.6. The number of nitro groups is 1. The molecule has 0 heterocycles. The first-order valence-electron chi connectivity index (χ1n) is 6.76. The molecule has 0 saturated heterocycles. The van der Waals surface area contributed by atoms with Gasteiger partial charge in [0.05, 0.1) is 18.1 Å². The lowest BCUT2D eigenvalue weighted by Crippen LogP contribution is -2.37. The molecule has 0 fully saturated rings. The number of nitro benzene ring substituents is 1. The maximum Gasteiger partial charge on any atom is 0.314 e. The van der Waals surface area contributed by atoms with Crippen LogP contribution in [0.1, 0.15) is 26.7 Å². The number of hydrogen-bond acceptors (Lipinski definition) is 5. The number of rotatable bonds is 8. The van der Waals surface area contributed by atoms with Crippen molar-refractivity contribution in [3.8, 4) is 11.5 Å². The fraction of sp³-hybridized carbons (Fsp3) is 0.500. The van der Waals surface area contributed by atoms with E-state index >= 15 is 0 Å². The molecule has 21 heavy (non-hydrogen) atoms. The second-order valence-corrected chi connectivity index (χ2v) is 4.46. The summed E-state index contributed by atoms with van der Waals surface area (Å²) in [6.07, 6.45) is 1.65. The number of ether oxygens (including phenoxy) is 2. The molecule has 0 atom stereocenters. The van der Waals surface area contributed by atoms with Crippen molar-refractivity contribution in [3.05, 3.63) is 28.3 Å². The minimum atomic E-state index is -0.573. The van der Waals surface area contributed by atoms with Crippen molar-refractivity contribution in [2.45, 2.75) is 32.7 Å². The van der Waals surface area contributed by atoms with Crippen molar-refractivity contribution >= 4 is 11.6 Å². The van der Waals surface area contributed by atoms with Crippen LogP contribution in [0.2, 0.25) is 0 Å². The third-order valence-electron chi connectivity index (χ3n) is 3.07. The van der Waals surface area contributed by atoms with Crippen LogP contribution in [0.3, 0.4) is 0 Å². The maximum absolute atomic E-state index is 11.7. The summed E-state index contributed by atoms with van der Waals surface area (Å²) in [7, 11) is 1.42. The molecule has 0 aliphatic rings. The molecule has 1 N–H and O–H groups in total. The number of nitrogens with zero attached hydrogens (tertiary/aromatic N) is 1. The summed E-state index contributed by atoms with van der Waals surface area (Å²) in [5.74, 6) is 0.102. The minimum absolute atomic E-state index is 0.0421. The Kier molecular flexibility index (Phi) is 6.45. The SMILES string of the molecule is CCC(CC)NC(=O)COc1ccc(OC)cc1[N+](=O)[O-]. The van der Waals surface area contributed by atoms with E-state index in [1.807, 2.05) is 13.8 Å². The molecule has 0 aliphatic carbocycles. The van der Waals surface area contributed by atoms with E-state index in [0.717, 1.165) is 12.8 Å². The van der Waals surface area contributed by atoms with Gasteiger partial charge in [-0.2, -0.15) is 0 Å². The second-order valence-electron chi connectivity index (χ2n) is 4.46. The molecule has 116 valence electrons. The Morgan fingerprint density at radius 1 is 1.38 bits per heavy atom. The molecule has 0 saturated carbocycles.